The summed E-state index contributed by atoms with van der Waals surface area (Å²) in [6.07, 6.45) is 0. The number of anilines is 1. The van der Waals surface area contributed by atoms with Crippen LogP contribution in [-0.4, -0.2) is 4.98 Å². The first kappa shape index (κ1) is 7.79. The van der Waals surface area contributed by atoms with Gasteiger partial charge in [-0.3, -0.25) is 5.84 Å². The molecule has 1 aromatic carbocycles. The third-order valence-electron chi connectivity index (χ3n) is 1.53. The minimum Gasteiger partial charge on any atom is -0.324 e. The first-order valence-electron chi connectivity index (χ1n) is 3.32. The molecule has 1 aromatic heterocycles. The van der Waals surface area contributed by atoms with Gasteiger partial charge in [0.05, 0.1) is 15.9 Å². The summed E-state index contributed by atoms with van der Waals surface area (Å²) < 4.78 is 1.59. The molecule has 0 atom stereocenters. The van der Waals surface area contributed by atoms with E-state index in [1.807, 2.05) is 18.2 Å². The number of nitrogens with zero attached hydrogens (tertiary/aromatic N) is 1. The summed E-state index contributed by atoms with van der Waals surface area (Å²) in [6, 6.07) is 5.66. The molecule has 0 amide bonds. The van der Waals surface area contributed by atoms with Gasteiger partial charge in [0.1, 0.15) is 0 Å². The number of thiazole rings is 1. The molecule has 1 heterocycles. The van der Waals surface area contributed by atoms with Crippen LogP contribution < -0.4 is 11.3 Å². The minimum absolute atomic E-state index is 0.555. The molecule has 3 N–H and O–H groups in total. The van der Waals surface area contributed by atoms with Crippen LogP contribution in [0.4, 0.5) is 5.69 Å². The Balaban J connectivity index is 2.66. The third kappa shape index (κ3) is 1.24. The van der Waals surface area contributed by atoms with Gasteiger partial charge in [0.2, 0.25) is 0 Å². The predicted molar refractivity (Wildman–Crippen MR) is 52.4 cm³/mol. The van der Waals surface area contributed by atoms with Gasteiger partial charge in [-0.05, 0) is 18.2 Å². The lowest BCUT2D eigenvalue weighted by Gasteiger charge is -1.96. The Morgan fingerprint density at radius 1 is 1.50 bits per heavy atom. The molecule has 0 radical (unpaired) electrons. The van der Waals surface area contributed by atoms with Crippen LogP contribution in [0.1, 0.15) is 0 Å². The minimum atomic E-state index is 0.555. The molecule has 0 fully saturated rings. The fourth-order valence-corrected chi connectivity index (χ4v) is 2.06. The highest BCUT2D eigenvalue weighted by molar-refractivity contribution is 7.22. The second kappa shape index (κ2) is 2.90. The highest BCUT2D eigenvalue weighted by Crippen LogP contribution is 2.27. The van der Waals surface area contributed by atoms with Gasteiger partial charge in [-0.2, -0.15) is 0 Å². The van der Waals surface area contributed by atoms with E-state index in [-0.39, 0.29) is 0 Å². The maximum absolute atomic E-state index is 5.73. The van der Waals surface area contributed by atoms with Gasteiger partial charge in [-0.15, -0.1) is 11.3 Å². The second-order valence-corrected chi connectivity index (χ2v) is 3.91. The number of fused-ring (bicyclic) bond motifs is 1. The number of nitrogen functional groups attached to an aromatic ring is 1. The van der Waals surface area contributed by atoms with Crippen molar-refractivity contribution in [2.24, 2.45) is 5.84 Å². The summed E-state index contributed by atoms with van der Waals surface area (Å²) in [5.41, 5.74) is 4.33. The number of aromatic nitrogens is 1. The van der Waals surface area contributed by atoms with Crippen molar-refractivity contribution in [3.8, 4) is 0 Å². The van der Waals surface area contributed by atoms with Crippen molar-refractivity contribution < 1.29 is 0 Å². The highest BCUT2D eigenvalue weighted by atomic mass is 35.5. The van der Waals surface area contributed by atoms with Gasteiger partial charge >= 0.3 is 0 Å². The molecule has 0 saturated heterocycles. The van der Waals surface area contributed by atoms with Gasteiger partial charge in [-0.25, -0.2) is 4.98 Å². The van der Waals surface area contributed by atoms with Crippen molar-refractivity contribution in [1.82, 2.24) is 4.98 Å². The molecule has 0 aliphatic carbocycles. The van der Waals surface area contributed by atoms with Crippen molar-refractivity contribution in [3.63, 3.8) is 0 Å². The van der Waals surface area contributed by atoms with E-state index in [1.165, 1.54) is 11.3 Å². The maximum atomic E-state index is 5.73. The van der Waals surface area contributed by atoms with E-state index in [4.69, 9.17) is 17.4 Å². The van der Waals surface area contributed by atoms with Gasteiger partial charge in [0.15, 0.2) is 4.47 Å². The maximum Gasteiger partial charge on any atom is 0.184 e. The van der Waals surface area contributed by atoms with Crippen LogP contribution >= 0.6 is 22.9 Å². The summed E-state index contributed by atoms with van der Waals surface area (Å²) in [7, 11) is 0. The van der Waals surface area contributed by atoms with Gasteiger partial charge in [0.25, 0.3) is 0 Å². The largest absolute Gasteiger partial charge is 0.324 e. The SMILES string of the molecule is NNc1ccc2nc(Cl)sc2c1. The first-order valence-corrected chi connectivity index (χ1v) is 4.52. The van der Waals surface area contributed by atoms with Crippen molar-refractivity contribution in [1.29, 1.82) is 0 Å². The van der Waals surface area contributed by atoms with Crippen molar-refractivity contribution >= 4 is 38.8 Å². The molecule has 0 unspecified atom stereocenters. The second-order valence-electron chi connectivity index (χ2n) is 2.29. The number of benzene rings is 1. The molecule has 5 heteroatoms. The molecular weight excluding hydrogens is 194 g/mol. The Bertz CT molecular complexity index is 412. The zero-order chi connectivity index (χ0) is 8.55. The van der Waals surface area contributed by atoms with Crippen LogP contribution in [-0.2, 0) is 0 Å². The number of nitrogens with one attached hydrogen (secondary N) is 1. The summed E-state index contributed by atoms with van der Waals surface area (Å²) in [5.74, 6) is 5.25. The summed E-state index contributed by atoms with van der Waals surface area (Å²) in [4.78, 5) is 4.10. The van der Waals surface area contributed by atoms with Gasteiger partial charge < -0.3 is 5.43 Å². The summed E-state index contributed by atoms with van der Waals surface area (Å²) >= 11 is 7.17. The Morgan fingerprint density at radius 3 is 3.08 bits per heavy atom. The molecule has 0 spiro atoms. The monoisotopic (exact) mass is 199 g/mol. The number of hydrogen-bond donors (Lipinski definition) is 2. The van der Waals surface area contributed by atoms with Crippen LogP contribution in [0.5, 0.6) is 0 Å². The van der Waals surface area contributed by atoms with Crippen LogP contribution in [0.25, 0.3) is 10.2 Å². The number of halogens is 1. The molecule has 2 aromatic rings. The van der Waals surface area contributed by atoms with E-state index >= 15 is 0 Å². The quantitative estimate of drug-likeness (QED) is 0.547. The third-order valence-corrected chi connectivity index (χ3v) is 2.65. The van der Waals surface area contributed by atoms with Crippen LogP contribution in [0, 0.1) is 0 Å². The fourth-order valence-electron chi connectivity index (χ4n) is 0.986. The van der Waals surface area contributed by atoms with Crippen LogP contribution in [0.2, 0.25) is 4.47 Å². The molecule has 12 heavy (non-hydrogen) atoms. The zero-order valence-corrected chi connectivity index (χ0v) is 7.62. The average molecular weight is 200 g/mol. The molecule has 2 rings (SSSR count). The Kier molecular flexibility index (Phi) is 1.88. The molecule has 0 aliphatic heterocycles. The average Bonchev–Trinajstić information content (AvgIpc) is 2.43. The Labute approximate surface area is 78.1 Å². The van der Waals surface area contributed by atoms with E-state index in [0.717, 1.165) is 15.9 Å². The van der Waals surface area contributed by atoms with Crippen molar-refractivity contribution in [3.05, 3.63) is 22.7 Å². The number of nitrogens with two attached hydrogens (primary N) is 1. The molecule has 3 nitrogen and oxygen atoms in total. The van der Waals surface area contributed by atoms with E-state index in [2.05, 4.69) is 10.4 Å². The lowest BCUT2D eigenvalue weighted by molar-refractivity contribution is 1.36. The van der Waals surface area contributed by atoms with Crippen molar-refractivity contribution in [2.45, 2.75) is 0 Å². The lowest BCUT2D eigenvalue weighted by Crippen LogP contribution is -2.05. The normalized spacial score (nSPS) is 10.5. The smallest absolute Gasteiger partial charge is 0.184 e. The van der Waals surface area contributed by atoms with E-state index in [0.29, 0.717) is 4.47 Å². The molecule has 0 bridgehead atoms. The molecule has 0 saturated carbocycles. The lowest BCUT2D eigenvalue weighted by atomic mass is 10.3. The molecule has 0 aliphatic rings. The van der Waals surface area contributed by atoms with Crippen LogP contribution in [0.3, 0.4) is 0 Å². The zero-order valence-electron chi connectivity index (χ0n) is 6.04. The number of hydrogen-bond acceptors (Lipinski definition) is 4. The van der Waals surface area contributed by atoms with E-state index in [9.17, 15) is 0 Å². The van der Waals surface area contributed by atoms with Crippen LogP contribution in [0.15, 0.2) is 18.2 Å². The number of hydrazine groups is 1. The van der Waals surface area contributed by atoms with E-state index < -0.39 is 0 Å². The summed E-state index contributed by atoms with van der Waals surface area (Å²) in [5, 5.41) is 0. The topological polar surface area (TPSA) is 50.9 Å². The van der Waals surface area contributed by atoms with Gasteiger partial charge in [0, 0.05) is 0 Å². The standard InChI is InChI=1S/C7H6ClN3S/c8-7-10-5-2-1-4(11-9)3-6(5)12-7/h1-3,11H,9H2. The fraction of sp³-hybridized carbons (Fsp3) is 0. The predicted octanol–water partition coefficient (Wildman–Crippen LogP) is 2.24. The molecular formula is C7H6ClN3S. The highest BCUT2D eigenvalue weighted by Gasteiger charge is 2.01. The van der Waals surface area contributed by atoms with Crippen molar-refractivity contribution in [2.75, 3.05) is 5.43 Å². The summed E-state index contributed by atoms with van der Waals surface area (Å²) in [6.45, 7) is 0. The van der Waals surface area contributed by atoms with E-state index in [1.54, 1.807) is 0 Å². The molecule has 62 valence electrons. The number of rotatable bonds is 1. The first-order chi connectivity index (χ1) is 5.79. The Hall–Kier alpha value is -0.840. The Morgan fingerprint density at radius 2 is 2.33 bits per heavy atom. The van der Waals surface area contributed by atoms with Gasteiger partial charge in [-0.1, -0.05) is 11.6 Å².